The van der Waals surface area contributed by atoms with Crippen molar-refractivity contribution in [3.8, 4) is 0 Å². The van der Waals surface area contributed by atoms with Crippen LogP contribution in [0.15, 0.2) is 18.2 Å². The monoisotopic (exact) mass is 266 g/mol. The van der Waals surface area contributed by atoms with Crippen LogP contribution >= 0.6 is 0 Å². The molecular weight excluding hydrogens is 248 g/mol. The molecule has 1 rings (SSSR count). The fourth-order valence-electron chi connectivity index (χ4n) is 1.42. The van der Waals surface area contributed by atoms with E-state index < -0.39 is 22.5 Å². The van der Waals surface area contributed by atoms with Crippen molar-refractivity contribution in [2.24, 2.45) is 0 Å². The first-order valence-electron chi connectivity index (χ1n) is 5.91. The van der Waals surface area contributed by atoms with Gasteiger partial charge in [0.2, 0.25) is 0 Å². The summed E-state index contributed by atoms with van der Waals surface area (Å²) in [5.41, 5.74) is -0.207. The van der Waals surface area contributed by atoms with E-state index >= 15 is 0 Å². The minimum atomic E-state index is -0.809. The molecule has 0 heterocycles. The Bertz CT molecular complexity index is 509. The van der Waals surface area contributed by atoms with Gasteiger partial charge in [-0.05, 0) is 33.8 Å². The van der Waals surface area contributed by atoms with Crippen LogP contribution in [-0.4, -0.2) is 27.6 Å². The second kappa shape index (κ2) is 5.36. The first-order chi connectivity index (χ1) is 8.65. The maximum absolute atomic E-state index is 12.0. The number of nitro benzene ring substituents is 1. The lowest BCUT2D eigenvalue weighted by Crippen LogP contribution is -2.50. The molecule has 0 aliphatic rings. The summed E-state index contributed by atoms with van der Waals surface area (Å²) in [5, 5.41) is 23.0. The maximum atomic E-state index is 12.0. The lowest BCUT2D eigenvalue weighted by Gasteiger charge is -2.29. The van der Waals surface area contributed by atoms with Crippen molar-refractivity contribution < 1.29 is 14.8 Å². The molecule has 0 fully saturated rings. The molecule has 1 unspecified atom stereocenters. The van der Waals surface area contributed by atoms with Crippen molar-refractivity contribution in [3.63, 3.8) is 0 Å². The van der Waals surface area contributed by atoms with Gasteiger partial charge in [-0.3, -0.25) is 14.9 Å². The van der Waals surface area contributed by atoms with E-state index in [0.717, 1.165) is 0 Å². The Kier molecular flexibility index (Phi) is 4.26. The maximum Gasteiger partial charge on any atom is 0.273 e. The molecule has 0 radical (unpaired) electrons. The normalized spacial score (nSPS) is 12.9. The zero-order valence-corrected chi connectivity index (χ0v) is 11.4. The van der Waals surface area contributed by atoms with Crippen LogP contribution in [0.3, 0.4) is 0 Å². The standard InChI is InChI=1S/C13H18N2O4/c1-8-5-6-10(7-11(8)15(18)19)12(17)14-13(3,4)9(2)16/h5-7,9,16H,1-4H3,(H,14,17). The van der Waals surface area contributed by atoms with E-state index in [1.807, 2.05) is 0 Å². The highest BCUT2D eigenvalue weighted by Gasteiger charge is 2.27. The van der Waals surface area contributed by atoms with Gasteiger partial charge in [-0.2, -0.15) is 0 Å². The van der Waals surface area contributed by atoms with E-state index in [9.17, 15) is 20.0 Å². The topological polar surface area (TPSA) is 92.5 Å². The third-order valence-electron chi connectivity index (χ3n) is 3.15. The summed E-state index contributed by atoms with van der Waals surface area (Å²) in [6, 6.07) is 4.29. The number of nitrogens with zero attached hydrogens (tertiary/aromatic N) is 1. The van der Waals surface area contributed by atoms with Gasteiger partial charge >= 0.3 is 0 Å². The van der Waals surface area contributed by atoms with Gasteiger partial charge in [0.15, 0.2) is 0 Å². The fourth-order valence-corrected chi connectivity index (χ4v) is 1.42. The van der Waals surface area contributed by atoms with Gasteiger partial charge in [-0.25, -0.2) is 0 Å². The molecule has 19 heavy (non-hydrogen) atoms. The van der Waals surface area contributed by atoms with Crippen LogP contribution in [0.25, 0.3) is 0 Å². The van der Waals surface area contributed by atoms with Crippen molar-refractivity contribution in [1.29, 1.82) is 0 Å². The van der Waals surface area contributed by atoms with Gasteiger partial charge in [0.05, 0.1) is 16.6 Å². The number of aryl methyl sites for hydroxylation is 1. The molecule has 0 aromatic heterocycles. The third kappa shape index (κ3) is 3.51. The Hall–Kier alpha value is -1.95. The Balaban J connectivity index is 3.02. The highest BCUT2D eigenvalue weighted by Crippen LogP contribution is 2.20. The molecule has 1 aromatic rings. The molecule has 1 aromatic carbocycles. The molecule has 104 valence electrons. The second-order valence-electron chi connectivity index (χ2n) is 5.11. The lowest BCUT2D eigenvalue weighted by atomic mass is 9.98. The molecule has 1 atom stereocenters. The van der Waals surface area contributed by atoms with E-state index in [1.54, 1.807) is 27.7 Å². The molecule has 1 amide bonds. The Labute approximate surface area is 111 Å². The average Bonchev–Trinajstić information content (AvgIpc) is 2.28. The SMILES string of the molecule is Cc1ccc(C(=O)NC(C)(C)C(C)O)cc1[N+](=O)[O-]. The van der Waals surface area contributed by atoms with Gasteiger partial charge in [0, 0.05) is 17.2 Å². The van der Waals surface area contributed by atoms with Crippen molar-refractivity contribution >= 4 is 11.6 Å². The number of amides is 1. The molecule has 0 bridgehead atoms. The van der Waals surface area contributed by atoms with Crippen LogP contribution < -0.4 is 5.32 Å². The number of rotatable bonds is 4. The number of aliphatic hydroxyl groups excluding tert-OH is 1. The molecular formula is C13H18N2O4. The summed E-state index contributed by atoms with van der Waals surface area (Å²) in [7, 11) is 0. The number of benzene rings is 1. The predicted octanol–water partition coefficient (Wildman–Crippen LogP) is 1.79. The fraction of sp³-hybridized carbons (Fsp3) is 0.462. The zero-order valence-electron chi connectivity index (χ0n) is 11.4. The van der Waals surface area contributed by atoms with E-state index in [-0.39, 0.29) is 11.3 Å². The van der Waals surface area contributed by atoms with Gasteiger partial charge < -0.3 is 10.4 Å². The average molecular weight is 266 g/mol. The molecule has 0 spiro atoms. The van der Waals surface area contributed by atoms with Crippen LogP contribution in [0.1, 0.15) is 36.7 Å². The Morgan fingerprint density at radius 1 is 1.47 bits per heavy atom. The summed E-state index contributed by atoms with van der Waals surface area (Å²) in [6.07, 6.45) is -0.739. The van der Waals surface area contributed by atoms with Crippen LogP contribution in [-0.2, 0) is 0 Å². The summed E-state index contributed by atoms with van der Waals surface area (Å²) in [5.74, 6) is -0.450. The van der Waals surface area contributed by atoms with Crippen LogP contribution in [0.5, 0.6) is 0 Å². The van der Waals surface area contributed by atoms with Crippen LogP contribution in [0.4, 0.5) is 5.69 Å². The zero-order chi connectivity index (χ0) is 14.8. The predicted molar refractivity (Wildman–Crippen MR) is 71.1 cm³/mol. The van der Waals surface area contributed by atoms with Crippen molar-refractivity contribution in [3.05, 3.63) is 39.4 Å². The van der Waals surface area contributed by atoms with Crippen molar-refractivity contribution in [2.45, 2.75) is 39.3 Å². The van der Waals surface area contributed by atoms with Gasteiger partial charge in [0.25, 0.3) is 11.6 Å². The summed E-state index contributed by atoms with van der Waals surface area (Å²) in [6.45, 7) is 6.54. The highest BCUT2D eigenvalue weighted by atomic mass is 16.6. The summed E-state index contributed by atoms with van der Waals surface area (Å²) >= 11 is 0. The first-order valence-corrected chi connectivity index (χ1v) is 5.91. The quantitative estimate of drug-likeness (QED) is 0.642. The number of nitrogens with one attached hydrogen (secondary N) is 1. The number of carbonyl (C=O) groups excluding carboxylic acids is 1. The van der Waals surface area contributed by atoms with Crippen LogP contribution in [0.2, 0.25) is 0 Å². The van der Waals surface area contributed by atoms with Gasteiger partial charge in [-0.15, -0.1) is 0 Å². The van der Waals surface area contributed by atoms with Crippen molar-refractivity contribution in [1.82, 2.24) is 5.32 Å². The second-order valence-corrected chi connectivity index (χ2v) is 5.11. The van der Waals surface area contributed by atoms with Crippen molar-refractivity contribution in [2.75, 3.05) is 0 Å². The molecule has 0 saturated heterocycles. The molecule has 2 N–H and O–H groups in total. The Morgan fingerprint density at radius 3 is 2.53 bits per heavy atom. The van der Waals surface area contributed by atoms with E-state index in [0.29, 0.717) is 5.56 Å². The number of hydrogen-bond donors (Lipinski definition) is 2. The van der Waals surface area contributed by atoms with Gasteiger partial charge in [0.1, 0.15) is 0 Å². The third-order valence-corrected chi connectivity index (χ3v) is 3.15. The molecule has 0 saturated carbocycles. The smallest absolute Gasteiger partial charge is 0.273 e. The molecule has 6 nitrogen and oxygen atoms in total. The van der Waals surface area contributed by atoms with E-state index in [4.69, 9.17) is 0 Å². The summed E-state index contributed by atoms with van der Waals surface area (Å²) < 4.78 is 0. The Morgan fingerprint density at radius 2 is 2.05 bits per heavy atom. The molecule has 0 aliphatic carbocycles. The molecule has 6 heteroatoms. The number of nitro groups is 1. The first kappa shape index (κ1) is 15.1. The highest BCUT2D eigenvalue weighted by molar-refractivity contribution is 5.95. The minimum absolute atomic E-state index is 0.0949. The number of carbonyl (C=O) groups is 1. The largest absolute Gasteiger partial charge is 0.391 e. The minimum Gasteiger partial charge on any atom is -0.391 e. The summed E-state index contributed by atoms with van der Waals surface area (Å²) in [4.78, 5) is 22.3. The number of aliphatic hydroxyl groups is 1. The van der Waals surface area contributed by atoms with Crippen LogP contribution in [0, 0.1) is 17.0 Å². The molecule has 0 aliphatic heterocycles. The van der Waals surface area contributed by atoms with Gasteiger partial charge in [-0.1, -0.05) is 6.07 Å². The van der Waals surface area contributed by atoms with E-state index in [1.165, 1.54) is 18.2 Å². The lowest BCUT2D eigenvalue weighted by molar-refractivity contribution is -0.385. The number of hydrogen-bond acceptors (Lipinski definition) is 4. The van der Waals surface area contributed by atoms with E-state index in [2.05, 4.69) is 5.32 Å².